The van der Waals surface area contributed by atoms with Gasteiger partial charge in [0.2, 0.25) is 5.91 Å². The number of aliphatic carboxylic acids is 1. The highest BCUT2D eigenvalue weighted by Crippen LogP contribution is 2.21. The fraction of sp³-hybridized carbons (Fsp3) is 0.385. The van der Waals surface area contributed by atoms with Gasteiger partial charge < -0.3 is 10.0 Å². The molecule has 19 heavy (non-hydrogen) atoms. The van der Waals surface area contributed by atoms with Gasteiger partial charge >= 0.3 is 5.97 Å². The first-order chi connectivity index (χ1) is 8.91. The van der Waals surface area contributed by atoms with E-state index in [2.05, 4.69) is 0 Å². The molecule has 0 bridgehead atoms. The molecule has 1 aromatic carbocycles. The molecule has 0 aromatic heterocycles. The molecule has 1 rings (SSSR count). The molecule has 1 N–H and O–H groups in total. The van der Waals surface area contributed by atoms with Crippen LogP contribution in [0.15, 0.2) is 24.3 Å². The average molecular weight is 302 g/mol. The summed E-state index contributed by atoms with van der Waals surface area (Å²) < 4.78 is 0. The third kappa shape index (κ3) is 5.12. The Balaban J connectivity index is 2.56. The summed E-state index contributed by atoms with van der Waals surface area (Å²) >= 11 is 6.92. The zero-order valence-corrected chi connectivity index (χ0v) is 12.4. The van der Waals surface area contributed by atoms with Gasteiger partial charge in [-0.25, -0.2) is 0 Å². The predicted molar refractivity (Wildman–Crippen MR) is 77.6 cm³/mol. The smallest absolute Gasteiger partial charge is 0.313 e. The summed E-state index contributed by atoms with van der Waals surface area (Å²) in [6, 6.07) is 7.24. The Hall–Kier alpha value is -1.20. The van der Waals surface area contributed by atoms with Crippen molar-refractivity contribution in [2.45, 2.75) is 13.0 Å². The fourth-order valence-corrected chi connectivity index (χ4v) is 2.29. The van der Waals surface area contributed by atoms with Crippen LogP contribution in [0.5, 0.6) is 0 Å². The van der Waals surface area contributed by atoms with Crippen LogP contribution in [0.1, 0.15) is 18.5 Å². The summed E-state index contributed by atoms with van der Waals surface area (Å²) in [4.78, 5) is 23.9. The fourth-order valence-electron chi connectivity index (χ4n) is 1.51. The largest absolute Gasteiger partial charge is 0.481 e. The molecule has 0 aliphatic carbocycles. The van der Waals surface area contributed by atoms with Gasteiger partial charge in [0.15, 0.2) is 0 Å². The van der Waals surface area contributed by atoms with E-state index in [0.29, 0.717) is 5.02 Å². The molecule has 0 heterocycles. The number of halogens is 1. The molecule has 0 saturated carbocycles. The molecule has 1 atom stereocenters. The van der Waals surface area contributed by atoms with Gasteiger partial charge in [-0.3, -0.25) is 9.59 Å². The lowest BCUT2D eigenvalue weighted by Gasteiger charge is -2.25. The number of hydrogen-bond acceptors (Lipinski definition) is 3. The standard InChI is InChI=1S/C13H16ClNO3S/c1-9(10-3-5-11(14)6-4-10)15(2)12(16)7-19-8-13(17)18/h3-6,9H,7-8H2,1-2H3,(H,17,18). The predicted octanol–water partition coefficient (Wildman–Crippen LogP) is 2.68. The molecule has 0 radical (unpaired) electrons. The number of carboxylic acids is 1. The molecule has 1 unspecified atom stereocenters. The second kappa shape index (κ2) is 7.40. The zero-order valence-electron chi connectivity index (χ0n) is 10.8. The Morgan fingerprint density at radius 3 is 2.42 bits per heavy atom. The average Bonchev–Trinajstić information content (AvgIpc) is 2.37. The second-order valence-electron chi connectivity index (χ2n) is 4.12. The number of amides is 1. The molecule has 6 heteroatoms. The number of rotatable bonds is 6. The van der Waals surface area contributed by atoms with Crippen LogP contribution in [0.25, 0.3) is 0 Å². The molecule has 1 amide bonds. The van der Waals surface area contributed by atoms with Crippen LogP contribution in [0.4, 0.5) is 0 Å². The van der Waals surface area contributed by atoms with E-state index in [1.807, 2.05) is 19.1 Å². The first-order valence-corrected chi connectivity index (χ1v) is 7.25. The van der Waals surface area contributed by atoms with E-state index >= 15 is 0 Å². The van der Waals surface area contributed by atoms with E-state index in [0.717, 1.165) is 17.3 Å². The van der Waals surface area contributed by atoms with E-state index in [1.165, 1.54) is 0 Å². The highest BCUT2D eigenvalue weighted by molar-refractivity contribution is 8.00. The maximum Gasteiger partial charge on any atom is 0.313 e. The minimum absolute atomic E-state index is 0.0606. The summed E-state index contributed by atoms with van der Waals surface area (Å²) in [5.74, 6) is -0.893. The number of nitrogens with zero attached hydrogens (tertiary/aromatic N) is 1. The van der Waals surface area contributed by atoms with Crippen LogP contribution in [-0.4, -0.2) is 40.4 Å². The van der Waals surface area contributed by atoms with E-state index in [4.69, 9.17) is 16.7 Å². The van der Waals surface area contributed by atoms with Crippen molar-refractivity contribution in [1.29, 1.82) is 0 Å². The second-order valence-corrected chi connectivity index (χ2v) is 5.54. The molecule has 4 nitrogen and oxygen atoms in total. The van der Waals surface area contributed by atoms with E-state index in [1.54, 1.807) is 24.1 Å². The van der Waals surface area contributed by atoms with Gasteiger partial charge in [-0.2, -0.15) is 0 Å². The normalized spacial score (nSPS) is 11.9. The lowest BCUT2D eigenvalue weighted by molar-refractivity contribution is -0.133. The van der Waals surface area contributed by atoms with Gasteiger partial charge in [-0.1, -0.05) is 23.7 Å². The molecular formula is C13H16ClNO3S. The summed E-state index contributed by atoms with van der Waals surface area (Å²) in [5, 5.41) is 9.17. The Kier molecular flexibility index (Phi) is 6.18. The number of benzene rings is 1. The van der Waals surface area contributed by atoms with E-state index < -0.39 is 5.97 Å². The van der Waals surface area contributed by atoms with E-state index in [9.17, 15) is 9.59 Å². The van der Waals surface area contributed by atoms with Crippen molar-refractivity contribution >= 4 is 35.2 Å². The molecule has 1 aromatic rings. The van der Waals surface area contributed by atoms with Crippen molar-refractivity contribution in [2.24, 2.45) is 0 Å². The molecule has 0 saturated heterocycles. The Morgan fingerprint density at radius 1 is 1.32 bits per heavy atom. The highest BCUT2D eigenvalue weighted by atomic mass is 35.5. The number of carboxylic acid groups (broad SMARTS) is 1. The molecule has 0 fully saturated rings. The number of carbonyl (C=O) groups excluding carboxylic acids is 1. The van der Waals surface area contributed by atoms with Crippen LogP contribution in [0.2, 0.25) is 5.02 Å². The highest BCUT2D eigenvalue weighted by Gasteiger charge is 2.17. The summed E-state index contributed by atoms with van der Waals surface area (Å²) in [6.45, 7) is 1.92. The third-order valence-electron chi connectivity index (χ3n) is 2.78. The van der Waals surface area contributed by atoms with Crippen LogP contribution in [-0.2, 0) is 9.59 Å². The van der Waals surface area contributed by atoms with Gasteiger partial charge in [-0.15, -0.1) is 11.8 Å². The number of thioether (sulfide) groups is 1. The topological polar surface area (TPSA) is 57.6 Å². The lowest BCUT2D eigenvalue weighted by atomic mass is 10.1. The minimum Gasteiger partial charge on any atom is -0.481 e. The van der Waals surface area contributed by atoms with Gasteiger partial charge in [0.1, 0.15) is 0 Å². The third-order valence-corrected chi connectivity index (χ3v) is 3.93. The van der Waals surface area contributed by atoms with Crippen molar-refractivity contribution in [3.63, 3.8) is 0 Å². The Labute approximate surface area is 121 Å². The SMILES string of the molecule is CC(c1ccc(Cl)cc1)N(C)C(=O)CSCC(=O)O. The minimum atomic E-state index is -0.911. The van der Waals surface area contributed by atoms with Gasteiger partial charge in [0, 0.05) is 12.1 Å². The van der Waals surface area contributed by atoms with E-state index in [-0.39, 0.29) is 23.5 Å². The van der Waals surface area contributed by atoms with Crippen molar-refractivity contribution in [3.8, 4) is 0 Å². The number of hydrogen-bond donors (Lipinski definition) is 1. The van der Waals surface area contributed by atoms with Crippen molar-refractivity contribution in [3.05, 3.63) is 34.9 Å². The Bertz CT molecular complexity index is 450. The first-order valence-electron chi connectivity index (χ1n) is 5.72. The lowest BCUT2D eigenvalue weighted by Crippen LogP contribution is -2.31. The quantitative estimate of drug-likeness (QED) is 0.877. The van der Waals surface area contributed by atoms with Crippen LogP contribution in [0.3, 0.4) is 0 Å². The zero-order chi connectivity index (χ0) is 14.4. The summed E-state index contributed by atoms with van der Waals surface area (Å²) in [6.07, 6.45) is 0. The number of carbonyl (C=O) groups is 2. The monoisotopic (exact) mass is 301 g/mol. The maximum atomic E-state index is 11.9. The van der Waals surface area contributed by atoms with Crippen molar-refractivity contribution in [2.75, 3.05) is 18.6 Å². The first kappa shape index (κ1) is 15.9. The molecular weight excluding hydrogens is 286 g/mol. The van der Waals surface area contributed by atoms with Gasteiger partial charge in [0.25, 0.3) is 0 Å². The van der Waals surface area contributed by atoms with Crippen LogP contribution >= 0.6 is 23.4 Å². The van der Waals surface area contributed by atoms with Crippen molar-refractivity contribution < 1.29 is 14.7 Å². The molecule has 0 spiro atoms. The molecule has 0 aliphatic heterocycles. The molecule has 104 valence electrons. The van der Waals surface area contributed by atoms with Gasteiger partial charge in [0.05, 0.1) is 17.5 Å². The van der Waals surface area contributed by atoms with Crippen LogP contribution < -0.4 is 0 Å². The Morgan fingerprint density at radius 2 is 1.89 bits per heavy atom. The summed E-state index contributed by atoms with van der Waals surface area (Å²) in [7, 11) is 1.71. The maximum absolute atomic E-state index is 11.9. The summed E-state index contributed by atoms with van der Waals surface area (Å²) in [5.41, 5.74) is 0.989. The van der Waals surface area contributed by atoms with Gasteiger partial charge in [-0.05, 0) is 24.6 Å². The van der Waals surface area contributed by atoms with Crippen LogP contribution in [0, 0.1) is 0 Å². The van der Waals surface area contributed by atoms with Crippen molar-refractivity contribution in [1.82, 2.24) is 4.90 Å². The molecule has 0 aliphatic rings.